The van der Waals surface area contributed by atoms with E-state index in [4.69, 9.17) is 4.74 Å². The van der Waals surface area contributed by atoms with E-state index >= 15 is 0 Å². The standard InChI is InChI=1S/C25H21NO3S/c1-16-20(25(28)30-2)21(18-13-7-4-8-14-18)22-23(27)19(29-24(22)26-16)15-9-12-17-10-5-3-6-11-17/h3-15,21-22H,1-2H3/b12-9-,19-15+. The zero-order chi connectivity index (χ0) is 21.1. The molecule has 0 N–H and O–H groups in total. The van der Waals surface area contributed by atoms with Crippen LogP contribution in [0, 0.1) is 5.92 Å². The Balaban J connectivity index is 1.71. The molecule has 2 atom stereocenters. The van der Waals surface area contributed by atoms with Crippen molar-refractivity contribution >= 4 is 34.6 Å². The van der Waals surface area contributed by atoms with Crippen molar-refractivity contribution in [2.75, 3.05) is 6.26 Å². The van der Waals surface area contributed by atoms with E-state index in [9.17, 15) is 9.59 Å². The number of allylic oxidation sites excluding steroid dienone is 4. The lowest BCUT2D eigenvalue weighted by Gasteiger charge is -2.27. The van der Waals surface area contributed by atoms with Crippen molar-refractivity contribution in [3.8, 4) is 0 Å². The highest BCUT2D eigenvalue weighted by Gasteiger charge is 2.48. The van der Waals surface area contributed by atoms with Crippen molar-refractivity contribution in [2.45, 2.75) is 12.8 Å². The molecule has 2 heterocycles. The molecule has 0 radical (unpaired) electrons. The van der Waals surface area contributed by atoms with Gasteiger partial charge in [0.15, 0.2) is 5.76 Å². The van der Waals surface area contributed by atoms with Crippen molar-refractivity contribution < 1.29 is 14.3 Å². The second kappa shape index (κ2) is 8.67. The first-order valence-corrected chi connectivity index (χ1v) is 10.9. The Morgan fingerprint density at radius 2 is 1.70 bits per heavy atom. The van der Waals surface area contributed by atoms with Crippen LogP contribution >= 0.6 is 11.8 Å². The van der Waals surface area contributed by atoms with Gasteiger partial charge in [0.05, 0.1) is 0 Å². The van der Waals surface area contributed by atoms with Gasteiger partial charge >= 0.3 is 0 Å². The van der Waals surface area contributed by atoms with Gasteiger partial charge in [-0.05, 0) is 30.4 Å². The number of benzene rings is 2. The predicted molar refractivity (Wildman–Crippen MR) is 121 cm³/mol. The second-order valence-electron chi connectivity index (χ2n) is 7.07. The third-order valence-electron chi connectivity index (χ3n) is 5.22. The van der Waals surface area contributed by atoms with Gasteiger partial charge in [-0.2, -0.15) is 0 Å². The lowest BCUT2D eigenvalue weighted by molar-refractivity contribution is -0.117. The minimum absolute atomic E-state index is 0.0710. The largest absolute Gasteiger partial charge is 0.438 e. The van der Waals surface area contributed by atoms with Crippen LogP contribution in [0.25, 0.3) is 6.08 Å². The lowest BCUT2D eigenvalue weighted by atomic mass is 9.77. The maximum Gasteiger partial charge on any atom is 0.217 e. The molecule has 0 aliphatic carbocycles. The minimum Gasteiger partial charge on any atom is -0.438 e. The van der Waals surface area contributed by atoms with Gasteiger partial charge in [-0.15, -0.1) is 0 Å². The summed E-state index contributed by atoms with van der Waals surface area (Å²) in [5, 5.41) is -0.0710. The van der Waals surface area contributed by atoms with Crippen LogP contribution in [0.2, 0.25) is 0 Å². The highest BCUT2D eigenvalue weighted by Crippen LogP contribution is 2.45. The van der Waals surface area contributed by atoms with Crippen LogP contribution in [-0.2, 0) is 14.3 Å². The van der Waals surface area contributed by atoms with E-state index in [2.05, 4.69) is 4.99 Å². The number of hydrogen-bond donors (Lipinski definition) is 0. The Morgan fingerprint density at radius 3 is 2.37 bits per heavy atom. The Hall–Kier alpha value is -3.18. The number of carbonyl (C=O) groups is 2. The minimum atomic E-state index is -0.626. The number of rotatable bonds is 4. The van der Waals surface area contributed by atoms with Gasteiger partial charge in [-0.1, -0.05) is 84.6 Å². The molecule has 1 fully saturated rings. The molecule has 2 aliphatic heterocycles. The molecule has 0 aromatic heterocycles. The number of ether oxygens (including phenoxy) is 1. The van der Waals surface area contributed by atoms with Crippen LogP contribution in [0.1, 0.15) is 24.0 Å². The molecule has 0 bridgehead atoms. The summed E-state index contributed by atoms with van der Waals surface area (Å²) in [6.45, 7) is 1.80. The zero-order valence-corrected chi connectivity index (χ0v) is 17.6. The normalized spacial score (nSPS) is 22.3. The van der Waals surface area contributed by atoms with Gasteiger partial charge in [-0.3, -0.25) is 9.59 Å². The molecule has 2 aromatic carbocycles. The lowest BCUT2D eigenvalue weighted by Crippen LogP contribution is -2.31. The zero-order valence-electron chi connectivity index (χ0n) is 16.7. The molecule has 0 spiro atoms. The van der Waals surface area contributed by atoms with E-state index in [0.29, 0.717) is 17.2 Å². The smallest absolute Gasteiger partial charge is 0.217 e. The highest BCUT2D eigenvalue weighted by atomic mass is 32.2. The van der Waals surface area contributed by atoms with Gasteiger partial charge < -0.3 is 4.74 Å². The Bertz CT molecular complexity index is 1100. The van der Waals surface area contributed by atoms with Gasteiger partial charge in [-0.25, -0.2) is 4.99 Å². The van der Waals surface area contributed by atoms with E-state index < -0.39 is 11.8 Å². The number of ketones is 1. The Labute approximate surface area is 180 Å². The van der Waals surface area contributed by atoms with Crippen molar-refractivity contribution in [3.05, 3.63) is 101 Å². The third kappa shape index (κ3) is 3.81. The summed E-state index contributed by atoms with van der Waals surface area (Å²) in [6.07, 6.45) is 7.13. The van der Waals surface area contributed by atoms with Gasteiger partial charge in [0.25, 0.3) is 0 Å². The highest BCUT2D eigenvalue weighted by molar-refractivity contribution is 8.13. The summed E-state index contributed by atoms with van der Waals surface area (Å²) in [7, 11) is 0. The van der Waals surface area contributed by atoms with E-state index in [-0.39, 0.29) is 16.7 Å². The molecule has 4 nitrogen and oxygen atoms in total. The Kier molecular flexibility index (Phi) is 5.81. The average Bonchev–Trinajstić information content (AvgIpc) is 3.08. The summed E-state index contributed by atoms with van der Waals surface area (Å²) in [5.74, 6) is -0.575. The van der Waals surface area contributed by atoms with Crippen LogP contribution in [0.5, 0.6) is 0 Å². The molecule has 1 saturated heterocycles. The molecule has 2 unspecified atom stereocenters. The van der Waals surface area contributed by atoms with Crippen molar-refractivity contribution in [2.24, 2.45) is 10.9 Å². The molecule has 0 amide bonds. The maximum atomic E-state index is 13.3. The summed E-state index contributed by atoms with van der Waals surface area (Å²) in [5.41, 5.74) is 3.11. The summed E-state index contributed by atoms with van der Waals surface area (Å²) < 4.78 is 5.86. The quantitative estimate of drug-likeness (QED) is 0.648. The molecule has 150 valence electrons. The fourth-order valence-corrected chi connectivity index (χ4v) is 4.32. The first-order valence-electron chi connectivity index (χ1n) is 9.68. The molecule has 2 aromatic rings. The molecule has 0 saturated carbocycles. The number of fused-ring (bicyclic) bond motifs is 1. The van der Waals surface area contributed by atoms with Crippen LogP contribution in [0.15, 0.2) is 94.8 Å². The second-order valence-corrected chi connectivity index (χ2v) is 7.85. The van der Waals surface area contributed by atoms with Crippen LogP contribution < -0.4 is 0 Å². The van der Waals surface area contributed by atoms with Gasteiger partial charge in [0.2, 0.25) is 16.8 Å². The number of Topliss-reactive ketones (excluding diaryl/α,β-unsaturated/α-hetero) is 1. The molecular weight excluding hydrogens is 394 g/mol. The SMILES string of the molecule is CSC(=O)C1=C(C)N=C2O/C(=C/C=C\c3ccccc3)C(=O)C2C1c1ccccc1. The van der Waals surface area contributed by atoms with E-state index in [0.717, 1.165) is 22.9 Å². The molecule has 4 rings (SSSR count). The molecule has 30 heavy (non-hydrogen) atoms. The van der Waals surface area contributed by atoms with Crippen LogP contribution in [-0.4, -0.2) is 23.1 Å². The average molecular weight is 416 g/mol. The topological polar surface area (TPSA) is 55.7 Å². The van der Waals surface area contributed by atoms with E-state index in [1.54, 1.807) is 25.3 Å². The first-order chi connectivity index (χ1) is 14.6. The monoisotopic (exact) mass is 415 g/mol. The van der Waals surface area contributed by atoms with Crippen molar-refractivity contribution in [1.29, 1.82) is 0 Å². The molecule has 5 heteroatoms. The summed E-state index contributed by atoms with van der Waals surface area (Å²) in [4.78, 5) is 30.5. The summed E-state index contributed by atoms with van der Waals surface area (Å²) in [6, 6.07) is 19.5. The van der Waals surface area contributed by atoms with Crippen molar-refractivity contribution in [1.82, 2.24) is 0 Å². The van der Waals surface area contributed by atoms with Gasteiger partial charge in [0, 0.05) is 17.2 Å². The number of hydrogen-bond acceptors (Lipinski definition) is 5. The predicted octanol–water partition coefficient (Wildman–Crippen LogP) is 5.16. The number of nitrogens with zero attached hydrogens (tertiary/aromatic N) is 1. The number of aliphatic imine (C=N–C) groups is 1. The first kappa shape index (κ1) is 20.1. The molecular formula is C25H21NO3S. The Morgan fingerprint density at radius 1 is 1.03 bits per heavy atom. The third-order valence-corrected chi connectivity index (χ3v) is 5.81. The van der Waals surface area contributed by atoms with E-state index in [1.165, 1.54) is 0 Å². The van der Waals surface area contributed by atoms with Crippen LogP contribution in [0.4, 0.5) is 0 Å². The van der Waals surface area contributed by atoms with Crippen LogP contribution in [0.3, 0.4) is 0 Å². The fraction of sp³-hybridized carbons (Fsp3) is 0.160. The van der Waals surface area contributed by atoms with Crippen molar-refractivity contribution in [3.63, 3.8) is 0 Å². The summed E-state index contributed by atoms with van der Waals surface area (Å²) >= 11 is 1.14. The fourth-order valence-electron chi connectivity index (χ4n) is 3.83. The van der Waals surface area contributed by atoms with E-state index in [1.807, 2.05) is 66.7 Å². The van der Waals surface area contributed by atoms with Gasteiger partial charge in [0.1, 0.15) is 5.92 Å². The maximum absolute atomic E-state index is 13.3. The molecule has 2 aliphatic rings. The number of carbonyl (C=O) groups excluding carboxylic acids is 2. The number of thioether (sulfide) groups is 1.